The molecule has 82 valence electrons. The summed E-state index contributed by atoms with van der Waals surface area (Å²) in [5.41, 5.74) is 2.10. The van der Waals surface area contributed by atoms with Crippen LogP contribution in [0, 0.1) is 5.21 Å². The molecule has 17 heavy (non-hydrogen) atoms. The molecule has 0 spiro atoms. The van der Waals surface area contributed by atoms with Crippen LogP contribution in [0.15, 0.2) is 54.9 Å². The highest BCUT2D eigenvalue weighted by Crippen LogP contribution is 2.22. The molecule has 1 aromatic carbocycles. The molecule has 0 bridgehead atoms. The topological polar surface area (TPSA) is 52.7 Å². The van der Waals surface area contributed by atoms with Crippen LogP contribution in [0.3, 0.4) is 0 Å². The number of benzene rings is 1. The summed E-state index contributed by atoms with van der Waals surface area (Å²) in [6, 6.07) is 13.2. The molecule has 0 radical (unpaired) electrons. The van der Waals surface area contributed by atoms with Gasteiger partial charge in [0.1, 0.15) is 11.7 Å². The number of fused-ring (bicyclic) bond motifs is 1. The van der Waals surface area contributed by atoms with E-state index in [0.717, 1.165) is 16.5 Å². The molecule has 4 nitrogen and oxygen atoms in total. The Labute approximate surface area is 97.8 Å². The largest absolute Gasteiger partial charge is 0.594 e. The van der Waals surface area contributed by atoms with Crippen LogP contribution in [-0.2, 0) is 0 Å². The Morgan fingerprint density at radius 1 is 1.00 bits per heavy atom. The molecule has 0 fully saturated rings. The molecule has 0 aliphatic heterocycles. The average molecular weight is 223 g/mol. The van der Waals surface area contributed by atoms with Gasteiger partial charge in [-0.15, -0.1) is 0 Å². The summed E-state index contributed by atoms with van der Waals surface area (Å²) in [6.07, 6.45) is 3.17. The van der Waals surface area contributed by atoms with Crippen molar-refractivity contribution in [2.75, 3.05) is 0 Å². The predicted octanol–water partition coefficient (Wildman–Crippen LogP) is 1.93. The lowest BCUT2D eigenvalue weighted by Gasteiger charge is -2.04. The Bertz CT molecular complexity index is 668. The number of rotatable bonds is 1. The molecule has 0 aliphatic carbocycles. The molecular formula is C13H9N3O. The first kappa shape index (κ1) is 9.72. The molecule has 3 rings (SSSR count). The number of nitrogens with zero attached hydrogens (tertiary/aromatic N) is 3. The summed E-state index contributed by atoms with van der Waals surface area (Å²) in [5.74, 6) is 0. The third-order valence-electron chi connectivity index (χ3n) is 2.62. The van der Waals surface area contributed by atoms with Crippen molar-refractivity contribution in [3.05, 3.63) is 60.1 Å². The molecule has 2 heterocycles. The van der Waals surface area contributed by atoms with E-state index in [1.165, 1.54) is 6.20 Å². The van der Waals surface area contributed by atoms with E-state index in [0.29, 0.717) is 10.5 Å². The Morgan fingerprint density at radius 3 is 2.65 bits per heavy atom. The van der Waals surface area contributed by atoms with E-state index >= 15 is 0 Å². The average Bonchev–Trinajstić information content (AvgIpc) is 2.39. The molecule has 0 saturated heterocycles. The Kier molecular flexibility index (Phi) is 2.19. The number of hydrogen-bond donors (Lipinski definition) is 0. The van der Waals surface area contributed by atoms with Crippen molar-refractivity contribution in [3.8, 4) is 11.3 Å². The first-order valence-electron chi connectivity index (χ1n) is 5.25. The molecule has 0 aliphatic rings. The first-order valence-corrected chi connectivity index (χ1v) is 5.25. The minimum Gasteiger partial charge on any atom is -0.594 e. The van der Waals surface area contributed by atoms with Crippen molar-refractivity contribution >= 4 is 10.9 Å². The highest BCUT2D eigenvalue weighted by atomic mass is 16.5. The van der Waals surface area contributed by atoms with Gasteiger partial charge in [0.2, 0.25) is 0 Å². The minimum atomic E-state index is 0.538. The fourth-order valence-corrected chi connectivity index (χ4v) is 1.85. The van der Waals surface area contributed by atoms with Crippen LogP contribution >= 0.6 is 0 Å². The number of pyridine rings is 1. The van der Waals surface area contributed by atoms with E-state index in [2.05, 4.69) is 10.1 Å². The quantitative estimate of drug-likeness (QED) is 0.468. The molecule has 3 aromatic rings. The van der Waals surface area contributed by atoms with Gasteiger partial charge in [0, 0.05) is 11.3 Å². The molecule has 4 heteroatoms. The van der Waals surface area contributed by atoms with Gasteiger partial charge in [-0.3, -0.25) is 4.98 Å². The van der Waals surface area contributed by atoms with Crippen LogP contribution in [0.25, 0.3) is 22.2 Å². The lowest BCUT2D eigenvalue weighted by molar-refractivity contribution is -0.656. The normalized spacial score (nSPS) is 10.6. The maximum Gasteiger partial charge on any atom is 0.261 e. The molecule has 0 unspecified atom stereocenters. The van der Waals surface area contributed by atoms with Crippen molar-refractivity contribution in [2.24, 2.45) is 0 Å². The van der Waals surface area contributed by atoms with Crippen molar-refractivity contribution in [2.45, 2.75) is 0 Å². The number of hydrogen-bond acceptors (Lipinski definition) is 3. The highest BCUT2D eigenvalue weighted by Gasteiger charge is 2.15. The van der Waals surface area contributed by atoms with E-state index in [-0.39, 0.29) is 0 Å². The van der Waals surface area contributed by atoms with Gasteiger partial charge in [-0.05, 0) is 29.1 Å². The van der Waals surface area contributed by atoms with E-state index in [1.807, 2.05) is 42.5 Å². The molecule has 0 amide bonds. The molecular weight excluding hydrogens is 214 g/mol. The van der Waals surface area contributed by atoms with Crippen molar-refractivity contribution in [1.29, 1.82) is 0 Å². The van der Waals surface area contributed by atoms with Gasteiger partial charge in [0.15, 0.2) is 0 Å². The van der Waals surface area contributed by atoms with Crippen molar-refractivity contribution < 1.29 is 4.85 Å². The maximum atomic E-state index is 11.8. The SMILES string of the molecule is [O-][n+]1ncc2ncccc2c1-c1ccccc1. The highest BCUT2D eigenvalue weighted by molar-refractivity contribution is 5.89. The standard InChI is InChI=1S/C13H9N3O/c17-16-13(10-5-2-1-3-6-10)11-7-4-8-14-12(11)9-15-16/h1-9H. The van der Waals surface area contributed by atoms with E-state index in [4.69, 9.17) is 0 Å². The van der Waals surface area contributed by atoms with Gasteiger partial charge in [-0.25, -0.2) is 0 Å². The summed E-state index contributed by atoms with van der Waals surface area (Å²) < 4.78 is 0. The third kappa shape index (κ3) is 1.59. The van der Waals surface area contributed by atoms with Crippen molar-refractivity contribution in [1.82, 2.24) is 10.1 Å². The lowest BCUT2D eigenvalue weighted by atomic mass is 10.1. The zero-order chi connectivity index (χ0) is 11.7. The molecule has 2 aromatic heterocycles. The van der Waals surface area contributed by atoms with E-state index in [1.54, 1.807) is 6.20 Å². The summed E-state index contributed by atoms with van der Waals surface area (Å²) >= 11 is 0. The summed E-state index contributed by atoms with van der Waals surface area (Å²) in [4.78, 5) is 4.83. The van der Waals surface area contributed by atoms with Gasteiger partial charge in [-0.2, -0.15) is 0 Å². The Morgan fingerprint density at radius 2 is 1.82 bits per heavy atom. The van der Waals surface area contributed by atoms with Gasteiger partial charge in [0.25, 0.3) is 5.69 Å². The first-order chi connectivity index (χ1) is 8.36. The second-order valence-electron chi connectivity index (χ2n) is 3.67. The third-order valence-corrected chi connectivity index (χ3v) is 2.62. The van der Waals surface area contributed by atoms with Crippen LogP contribution in [0.2, 0.25) is 0 Å². The lowest BCUT2D eigenvalue weighted by Crippen LogP contribution is -2.33. The van der Waals surface area contributed by atoms with Crippen LogP contribution in [0.5, 0.6) is 0 Å². The second kappa shape index (κ2) is 3.83. The van der Waals surface area contributed by atoms with Crippen LogP contribution in [0.1, 0.15) is 0 Å². The van der Waals surface area contributed by atoms with Crippen LogP contribution in [0.4, 0.5) is 0 Å². The monoisotopic (exact) mass is 223 g/mol. The summed E-state index contributed by atoms with van der Waals surface area (Å²) in [7, 11) is 0. The zero-order valence-corrected chi connectivity index (χ0v) is 8.95. The Balaban J connectivity index is 2.39. The number of aromatic nitrogens is 3. The van der Waals surface area contributed by atoms with Crippen LogP contribution in [-0.4, -0.2) is 10.1 Å². The molecule has 0 N–H and O–H groups in total. The fourth-order valence-electron chi connectivity index (χ4n) is 1.85. The second-order valence-corrected chi connectivity index (χ2v) is 3.67. The molecule has 0 atom stereocenters. The van der Waals surface area contributed by atoms with Gasteiger partial charge in [0.05, 0.1) is 10.9 Å². The molecule has 0 saturated carbocycles. The van der Waals surface area contributed by atoms with Gasteiger partial charge in [-0.1, -0.05) is 18.2 Å². The van der Waals surface area contributed by atoms with Gasteiger partial charge < -0.3 is 5.21 Å². The van der Waals surface area contributed by atoms with E-state index < -0.39 is 0 Å². The van der Waals surface area contributed by atoms with Crippen molar-refractivity contribution in [3.63, 3.8) is 0 Å². The summed E-state index contributed by atoms with van der Waals surface area (Å²) in [6.45, 7) is 0. The Hall–Kier alpha value is -2.49. The van der Waals surface area contributed by atoms with E-state index in [9.17, 15) is 5.21 Å². The van der Waals surface area contributed by atoms with Gasteiger partial charge >= 0.3 is 0 Å². The maximum absolute atomic E-state index is 11.8. The minimum absolute atomic E-state index is 0.538. The fraction of sp³-hybridized carbons (Fsp3) is 0. The van der Waals surface area contributed by atoms with Crippen LogP contribution < -0.4 is 4.85 Å². The smallest absolute Gasteiger partial charge is 0.261 e. The zero-order valence-electron chi connectivity index (χ0n) is 8.95. The summed E-state index contributed by atoms with van der Waals surface area (Å²) in [5, 5.41) is 16.4. The predicted molar refractivity (Wildman–Crippen MR) is 63.9 cm³/mol.